The second kappa shape index (κ2) is 5.55. The summed E-state index contributed by atoms with van der Waals surface area (Å²) in [5, 5.41) is 3.41. The van der Waals surface area contributed by atoms with Crippen molar-refractivity contribution in [1.82, 2.24) is 5.32 Å². The van der Waals surface area contributed by atoms with Gasteiger partial charge in [0.1, 0.15) is 5.82 Å². The summed E-state index contributed by atoms with van der Waals surface area (Å²) >= 11 is 5.99. The Morgan fingerprint density at radius 2 is 2.11 bits per heavy atom. The van der Waals surface area contributed by atoms with Crippen LogP contribution in [0.25, 0.3) is 0 Å². The molecule has 104 valence electrons. The normalized spacial score (nSPS) is 22.9. The van der Waals surface area contributed by atoms with E-state index in [-0.39, 0.29) is 16.8 Å². The van der Waals surface area contributed by atoms with E-state index in [1.807, 2.05) is 0 Å². The maximum Gasteiger partial charge on any atom is 0.167 e. The zero-order chi connectivity index (χ0) is 13.2. The van der Waals surface area contributed by atoms with Crippen molar-refractivity contribution in [3.63, 3.8) is 0 Å². The highest BCUT2D eigenvalue weighted by molar-refractivity contribution is 6.31. The largest absolute Gasteiger partial charge is 0.489 e. The summed E-state index contributed by atoms with van der Waals surface area (Å²) < 4.78 is 25.7. The summed E-state index contributed by atoms with van der Waals surface area (Å²) in [5.74, 6) is 0.861. The van der Waals surface area contributed by atoms with Gasteiger partial charge in [-0.25, -0.2) is 4.39 Å². The van der Waals surface area contributed by atoms with Gasteiger partial charge in [-0.15, -0.1) is 0 Å². The van der Waals surface area contributed by atoms with Gasteiger partial charge in [-0.05, 0) is 19.4 Å². The lowest BCUT2D eigenvalue weighted by atomic mass is 9.90. The van der Waals surface area contributed by atoms with Crippen molar-refractivity contribution in [2.24, 2.45) is 0 Å². The van der Waals surface area contributed by atoms with Crippen LogP contribution in [0.1, 0.15) is 30.7 Å². The molecule has 2 aliphatic rings. The molecule has 0 amide bonds. The summed E-state index contributed by atoms with van der Waals surface area (Å²) in [7, 11) is 0. The molecule has 1 saturated heterocycles. The van der Waals surface area contributed by atoms with Crippen LogP contribution in [0.2, 0.25) is 5.02 Å². The van der Waals surface area contributed by atoms with Gasteiger partial charge < -0.3 is 14.8 Å². The molecule has 1 fully saturated rings. The molecule has 0 radical (unpaired) electrons. The van der Waals surface area contributed by atoms with Gasteiger partial charge >= 0.3 is 0 Å². The molecule has 0 saturated carbocycles. The van der Waals surface area contributed by atoms with E-state index in [0.29, 0.717) is 30.3 Å². The van der Waals surface area contributed by atoms with E-state index in [4.69, 9.17) is 21.1 Å². The lowest BCUT2D eigenvalue weighted by Gasteiger charge is -2.26. The van der Waals surface area contributed by atoms with E-state index in [0.717, 1.165) is 32.4 Å². The van der Waals surface area contributed by atoms with Crippen LogP contribution in [0.5, 0.6) is 11.5 Å². The zero-order valence-electron chi connectivity index (χ0n) is 10.7. The van der Waals surface area contributed by atoms with Crippen LogP contribution in [0, 0.1) is 5.82 Å². The van der Waals surface area contributed by atoms with Gasteiger partial charge in [0.15, 0.2) is 11.5 Å². The van der Waals surface area contributed by atoms with Gasteiger partial charge in [-0.2, -0.15) is 0 Å². The number of hydrogen-bond donors (Lipinski definition) is 1. The minimum atomic E-state index is -0.361. The Morgan fingerprint density at radius 1 is 1.26 bits per heavy atom. The van der Waals surface area contributed by atoms with Crippen LogP contribution in [0.3, 0.4) is 0 Å². The Kier molecular flexibility index (Phi) is 3.80. The molecular weight excluding hydrogens is 269 g/mol. The fourth-order valence-electron chi connectivity index (χ4n) is 2.74. The molecule has 0 spiro atoms. The first-order valence-electron chi connectivity index (χ1n) is 6.75. The average molecular weight is 286 g/mol. The summed E-state index contributed by atoms with van der Waals surface area (Å²) in [6.07, 6.45) is 2.78. The van der Waals surface area contributed by atoms with E-state index >= 15 is 0 Å². The average Bonchev–Trinajstić information content (AvgIpc) is 2.66. The minimum Gasteiger partial charge on any atom is -0.489 e. The van der Waals surface area contributed by atoms with Gasteiger partial charge in [0.2, 0.25) is 0 Å². The fraction of sp³-hybridized carbons (Fsp3) is 0.571. The quantitative estimate of drug-likeness (QED) is 0.860. The molecule has 1 aromatic rings. The maximum absolute atomic E-state index is 14.4. The summed E-state index contributed by atoms with van der Waals surface area (Å²) in [5.41, 5.74) is 0.580. The standard InChI is InChI=1S/C14H17ClFNO2/c15-10-7-11-14(19-6-2-5-18-11)12(13(10)16)9-3-1-4-17-8-9/h7,9,17H,1-6,8H2. The van der Waals surface area contributed by atoms with E-state index in [2.05, 4.69) is 5.32 Å². The Labute approximate surface area is 117 Å². The molecule has 5 heteroatoms. The Hall–Kier alpha value is -1.00. The van der Waals surface area contributed by atoms with Crippen molar-refractivity contribution >= 4 is 11.6 Å². The molecule has 0 aliphatic carbocycles. The van der Waals surface area contributed by atoms with E-state index < -0.39 is 0 Å². The van der Waals surface area contributed by atoms with Crippen LogP contribution >= 0.6 is 11.6 Å². The number of rotatable bonds is 1. The maximum atomic E-state index is 14.4. The first kappa shape index (κ1) is 13.0. The van der Waals surface area contributed by atoms with E-state index in [1.54, 1.807) is 0 Å². The van der Waals surface area contributed by atoms with Crippen LogP contribution in [0.4, 0.5) is 4.39 Å². The molecule has 0 aromatic heterocycles. The third-order valence-electron chi connectivity index (χ3n) is 3.67. The lowest BCUT2D eigenvalue weighted by molar-refractivity contribution is 0.294. The molecule has 1 N–H and O–H groups in total. The van der Waals surface area contributed by atoms with Crippen LogP contribution < -0.4 is 14.8 Å². The smallest absolute Gasteiger partial charge is 0.167 e. The molecular formula is C14H17ClFNO2. The van der Waals surface area contributed by atoms with Crippen molar-refractivity contribution in [3.8, 4) is 11.5 Å². The monoisotopic (exact) mass is 285 g/mol. The van der Waals surface area contributed by atoms with Crippen molar-refractivity contribution in [2.45, 2.75) is 25.2 Å². The third kappa shape index (κ3) is 2.51. The van der Waals surface area contributed by atoms with Crippen molar-refractivity contribution < 1.29 is 13.9 Å². The Balaban J connectivity index is 2.07. The van der Waals surface area contributed by atoms with E-state index in [9.17, 15) is 4.39 Å². The molecule has 3 nitrogen and oxygen atoms in total. The number of ether oxygens (including phenoxy) is 2. The van der Waals surface area contributed by atoms with Crippen LogP contribution in [0.15, 0.2) is 6.07 Å². The van der Waals surface area contributed by atoms with Gasteiger partial charge in [0, 0.05) is 30.5 Å². The van der Waals surface area contributed by atoms with Gasteiger partial charge in [-0.1, -0.05) is 11.6 Å². The summed E-state index contributed by atoms with van der Waals surface area (Å²) in [6, 6.07) is 1.53. The topological polar surface area (TPSA) is 30.5 Å². The lowest BCUT2D eigenvalue weighted by Crippen LogP contribution is -2.29. The molecule has 3 rings (SSSR count). The van der Waals surface area contributed by atoms with Gasteiger partial charge in [-0.3, -0.25) is 0 Å². The Morgan fingerprint density at radius 3 is 2.89 bits per heavy atom. The van der Waals surface area contributed by atoms with Gasteiger partial charge in [0.25, 0.3) is 0 Å². The highest BCUT2D eigenvalue weighted by Crippen LogP contribution is 2.43. The van der Waals surface area contributed by atoms with Crippen molar-refractivity contribution in [1.29, 1.82) is 0 Å². The Bertz CT molecular complexity index is 475. The molecule has 2 aliphatic heterocycles. The first-order valence-corrected chi connectivity index (χ1v) is 7.13. The summed E-state index contributed by atoms with van der Waals surface area (Å²) in [4.78, 5) is 0. The highest BCUT2D eigenvalue weighted by atomic mass is 35.5. The SMILES string of the molecule is Fc1c(Cl)cc2c(c1C1CCCNC1)OCCCO2. The molecule has 1 atom stereocenters. The molecule has 1 unspecified atom stereocenters. The summed E-state index contributed by atoms with van der Waals surface area (Å²) in [6.45, 7) is 2.88. The van der Waals surface area contributed by atoms with E-state index in [1.165, 1.54) is 6.07 Å². The molecule has 1 aromatic carbocycles. The number of piperidine rings is 1. The number of nitrogens with one attached hydrogen (secondary N) is 1. The number of benzene rings is 1. The second-order valence-electron chi connectivity index (χ2n) is 5.01. The predicted octanol–water partition coefficient (Wildman–Crippen LogP) is 3.11. The van der Waals surface area contributed by atoms with Crippen molar-refractivity contribution in [2.75, 3.05) is 26.3 Å². The number of fused-ring (bicyclic) bond motifs is 1. The third-order valence-corrected chi connectivity index (χ3v) is 3.95. The van der Waals surface area contributed by atoms with Crippen molar-refractivity contribution in [3.05, 3.63) is 22.5 Å². The second-order valence-corrected chi connectivity index (χ2v) is 5.41. The van der Waals surface area contributed by atoms with Crippen LogP contribution in [-0.2, 0) is 0 Å². The zero-order valence-corrected chi connectivity index (χ0v) is 11.4. The predicted molar refractivity (Wildman–Crippen MR) is 71.9 cm³/mol. The minimum absolute atomic E-state index is 0.0999. The molecule has 2 heterocycles. The highest BCUT2D eigenvalue weighted by Gasteiger charge is 2.28. The number of halogens is 2. The molecule has 0 bridgehead atoms. The molecule has 19 heavy (non-hydrogen) atoms. The van der Waals surface area contributed by atoms with Gasteiger partial charge in [0.05, 0.1) is 18.2 Å². The van der Waals surface area contributed by atoms with Crippen LogP contribution in [-0.4, -0.2) is 26.3 Å². The fourth-order valence-corrected chi connectivity index (χ4v) is 2.94. The first-order chi connectivity index (χ1) is 9.27. The number of hydrogen-bond acceptors (Lipinski definition) is 3.